The third-order valence-electron chi connectivity index (χ3n) is 4.68. The maximum atomic E-state index is 12.7. The van der Waals surface area contributed by atoms with E-state index < -0.39 is 0 Å². The molecule has 0 N–H and O–H groups in total. The lowest BCUT2D eigenvalue weighted by Crippen LogP contribution is -2.27. The summed E-state index contributed by atoms with van der Waals surface area (Å²) in [6, 6.07) is 22.3. The van der Waals surface area contributed by atoms with Crippen LogP contribution >= 0.6 is 23.1 Å². The molecule has 0 saturated heterocycles. The highest BCUT2D eigenvalue weighted by molar-refractivity contribution is 7.99. The van der Waals surface area contributed by atoms with Crippen molar-refractivity contribution in [2.24, 2.45) is 0 Å². The number of aryl methyl sites for hydroxylation is 1. The minimum absolute atomic E-state index is 0.0631. The van der Waals surface area contributed by atoms with Gasteiger partial charge in [0, 0.05) is 23.2 Å². The molecular formula is C23H22N4OS2. The van der Waals surface area contributed by atoms with Crippen LogP contribution in [0.15, 0.2) is 77.3 Å². The SMILES string of the molecule is Cc1ccc(-n2c(SCC(=O)N(C)Cc3cccs3)nnc2-c2ccccc2)cc1. The van der Waals surface area contributed by atoms with E-state index in [1.165, 1.54) is 22.2 Å². The summed E-state index contributed by atoms with van der Waals surface area (Å²) in [5, 5.41) is 11.6. The molecule has 0 aliphatic carbocycles. The van der Waals surface area contributed by atoms with E-state index in [2.05, 4.69) is 41.4 Å². The number of nitrogens with zero attached hydrogens (tertiary/aromatic N) is 4. The first-order valence-corrected chi connectivity index (χ1v) is 11.5. The zero-order valence-electron chi connectivity index (χ0n) is 16.9. The van der Waals surface area contributed by atoms with Gasteiger partial charge in [-0.3, -0.25) is 9.36 Å². The van der Waals surface area contributed by atoms with E-state index in [1.54, 1.807) is 16.2 Å². The number of carbonyl (C=O) groups excluding carboxylic acids is 1. The van der Waals surface area contributed by atoms with Crippen LogP contribution in [0.2, 0.25) is 0 Å². The molecule has 0 radical (unpaired) electrons. The third-order valence-corrected chi connectivity index (χ3v) is 6.46. The van der Waals surface area contributed by atoms with Gasteiger partial charge >= 0.3 is 0 Å². The number of hydrogen-bond donors (Lipinski definition) is 0. The van der Waals surface area contributed by atoms with Crippen LogP contribution in [0.5, 0.6) is 0 Å². The first-order chi connectivity index (χ1) is 14.6. The Morgan fingerprint density at radius 2 is 1.80 bits per heavy atom. The molecule has 152 valence electrons. The molecule has 2 aromatic heterocycles. The summed E-state index contributed by atoms with van der Waals surface area (Å²) in [4.78, 5) is 15.6. The molecule has 0 aliphatic heterocycles. The third kappa shape index (κ3) is 4.63. The van der Waals surface area contributed by atoms with E-state index in [0.29, 0.717) is 17.5 Å². The summed E-state index contributed by atoms with van der Waals surface area (Å²) >= 11 is 3.07. The zero-order valence-corrected chi connectivity index (χ0v) is 18.5. The lowest BCUT2D eigenvalue weighted by atomic mass is 10.2. The lowest BCUT2D eigenvalue weighted by molar-refractivity contribution is -0.127. The van der Waals surface area contributed by atoms with E-state index in [9.17, 15) is 4.79 Å². The molecule has 1 amide bonds. The van der Waals surface area contributed by atoms with Crippen LogP contribution in [0.1, 0.15) is 10.4 Å². The van der Waals surface area contributed by atoms with Crippen molar-refractivity contribution < 1.29 is 4.79 Å². The highest BCUT2D eigenvalue weighted by atomic mass is 32.2. The minimum Gasteiger partial charge on any atom is -0.340 e. The van der Waals surface area contributed by atoms with Gasteiger partial charge in [0.2, 0.25) is 5.91 Å². The number of thioether (sulfide) groups is 1. The lowest BCUT2D eigenvalue weighted by Gasteiger charge is -2.16. The molecule has 7 heteroatoms. The van der Waals surface area contributed by atoms with Gasteiger partial charge in [0.25, 0.3) is 0 Å². The molecule has 5 nitrogen and oxygen atoms in total. The van der Waals surface area contributed by atoms with E-state index in [1.807, 2.05) is 59.5 Å². The molecule has 0 unspecified atom stereocenters. The van der Waals surface area contributed by atoms with E-state index >= 15 is 0 Å². The van der Waals surface area contributed by atoms with Gasteiger partial charge in [0.1, 0.15) is 0 Å². The van der Waals surface area contributed by atoms with Gasteiger partial charge in [-0.25, -0.2) is 0 Å². The Bertz CT molecular complexity index is 1110. The quantitative estimate of drug-likeness (QED) is 0.382. The topological polar surface area (TPSA) is 51.0 Å². The second-order valence-corrected chi connectivity index (χ2v) is 8.94. The largest absolute Gasteiger partial charge is 0.340 e. The second kappa shape index (κ2) is 9.28. The Morgan fingerprint density at radius 3 is 2.50 bits per heavy atom. The Kier molecular flexibility index (Phi) is 6.30. The number of hydrogen-bond acceptors (Lipinski definition) is 5. The van der Waals surface area contributed by atoms with Crippen molar-refractivity contribution >= 4 is 29.0 Å². The smallest absolute Gasteiger partial charge is 0.233 e. The van der Waals surface area contributed by atoms with Gasteiger partial charge in [-0.05, 0) is 30.5 Å². The fourth-order valence-electron chi connectivity index (χ4n) is 3.03. The average molecular weight is 435 g/mol. The van der Waals surface area contributed by atoms with Gasteiger partial charge in [-0.2, -0.15) is 0 Å². The number of rotatable bonds is 7. The summed E-state index contributed by atoms with van der Waals surface area (Å²) in [5.41, 5.74) is 3.15. The van der Waals surface area contributed by atoms with Crippen molar-refractivity contribution in [3.63, 3.8) is 0 Å². The summed E-state index contributed by atoms with van der Waals surface area (Å²) in [5.74, 6) is 1.13. The first-order valence-electron chi connectivity index (χ1n) is 9.59. The van der Waals surface area contributed by atoms with Crippen LogP contribution in [0.3, 0.4) is 0 Å². The van der Waals surface area contributed by atoms with Crippen LogP contribution in [0, 0.1) is 6.92 Å². The first kappa shape index (κ1) is 20.4. The molecule has 30 heavy (non-hydrogen) atoms. The molecule has 0 aliphatic rings. The molecule has 2 aromatic carbocycles. The van der Waals surface area contributed by atoms with Crippen molar-refractivity contribution in [1.82, 2.24) is 19.7 Å². The Morgan fingerprint density at radius 1 is 1.03 bits per heavy atom. The number of benzene rings is 2. The molecule has 0 atom stereocenters. The second-order valence-electron chi connectivity index (χ2n) is 6.96. The van der Waals surface area contributed by atoms with Crippen LogP contribution in [-0.4, -0.2) is 38.4 Å². The maximum absolute atomic E-state index is 12.7. The summed E-state index contributed by atoms with van der Waals surface area (Å²) in [6.07, 6.45) is 0. The summed E-state index contributed by atoms with van der Waals surface area (Å²) < 4.78 is 2.02. The van der Waals surface area contributed by atoms with Gasteiger partial charge in [-0.15, -0.1) is 21.5 Å². The van der Waals surface area contributed by atoms with E-state index in [0.717, 1.165) is 17.1 Å². The summed E-state index contributed by atoms with van der Waals surface area (Å²) in [7, 11) is 1.84. The van der Waals surface area contributed by atoms with Crippen molar-refractivity contribution in [2.75, 3.05) is 12.8 Å². The van der Waals surface area contributed by atoms with Gasteiger partial charge < -0.3 is 4.90 Å². The van der Waals surface area contributed by atoms with Crippen LogP contribution in [-0.2, 0) is 11.3 Å². The fraction of sp³-hybridized carbons (Fsp3) is 0.174. The monoisotopic (exact) mass is 434 g/mol. The number of carbonyl (C=O) groups is 1. The molecule has 0 fully saturated rings. The predicted octanol–water partition coefficient (Wildman–Crippen LogP) is 5.05. The number of aromatic nitrogens is 3. The van der Waals surface area contributed by atoms with Crippen LogP contribution in [0.4, 0.5) is 0 Å². The number of amides is 1. The highest BCUT2D eigenvalue weighted by Gasteiger charge is 2.18. The van der Waals surface area contributed by atoms with Crippen molar-refractivity contribution in [3.05, 3.63) is 82.6 Å². The molecule has 2 heterocycles. The molecule has 4 rings (SSSR count). The van der Waals surface area contributed by atoms with Crippen molar-refractivity contribution in [3.8, 4) is 17.1 Å². The van der Waals surface area contributed by atoms with E-state index in [-0.39, 0.29) is 5.91 Å². The van der Waals surface area contributed by atoms with Crippen molar-refractivity contribution in [2.45, 2.75) is 18.6 Å². The molecule has 0 saturated carbocycles. The number of thiophene rings is 1. The van der Waals surface area contributed by atoms with Crippen molar-refractivity contribution in [1.29, 1.82) is 0 Å². The normalized spacial score (nSPS) is 10.9. The molecule has 0 spiro atoms. The van der Waals surface area contributed by atoms with Gasteiger partial charge in [0.05, 0.1) is 12.3 Å². The Balaban J connectivity index is 1.57. The van der Waals surface area contributed by atoms with Gasteiger partial charge in [0.15, 0.2) is 11.0 Å². The molecule has 4 aromatic rings. The minimum atomic E-state index is 0.0631. The van der Waals surface area contributed by atoms with E-state index in [4.69, 9.17) is 0 Å². The zero-order chi connectivity index (χ0) is 20.9. The average Bonchev–Trinajstić information content (AvgIpc) is 3.43. The van der Waals surface area contributed by atoms with Crippen LogP contribution in [0.25, 0.3) is 17.1 Å². The van der Waals surface area contributed by atoms with Crippen LogP contribution < -0.4 is 0 Å². The highest BCUT2D eigenvalue weighted by Crippen LogP contribution is 2.28. The molecular weight excluding hydrogens is 412 g/mol. The predicted molar refractivity (Wildman–Crippen MR) is 123 cm³/mol. The maximum Gasteiger partial charge on any atom is 0.233 e. The van der Waals surface area contributed by atoms with Gasteiger partial charge in [-0.1, -0.05) is 65.9 Å². The fourth-order valence-corrected chi connectivity index (χ4v) is 4.67. The standard InChI is InChI=1S/C23H22N4OS2/c1-17-10-12-19(13-11-17)27-22(18-7-4-3-5-8-18)24-25-23(27)30-16-21(28)26(2)15-20-9-6-14-29-20/h3-14H,15-16H2,1-2H3. The Labute approximate surface area is 184 Å². The Hall–Kier alpha value is -2.90. The summed E-state index contributed by atoms with van der Waals surface area (Å²) in [6.45, 7) is 2.68. The molecule has 0 bridgehead atoms.